The van der Waals surface area contributed by atoms with Gasteiger partial charge in [0, 0.05) is 32.3 Å². The molecule has 1 aliphatic heterocycles. The highest BCUT2D eigenvalue weighted by atomic mass is 35.5. The Morgan fingerprint density at radius 2 is 2.07 bits per heavy atom. The van der Waals surface area contributed by atoms with Crippen molar-refractivity contribution in [3.63, 3.8) is 0 Å². The van der Waals surface area contributed by atoms with Crippen molar-refractivity contribution in [2.24, 2.45) is 0 Å². The van der Waals surface area contributed by atoms with Gasteiger partial charge in [0.05, 0.1) is 23.0 Å². The van der Waals surface area contributed by atoms with Gasteiger partial charge in [-0.1, -0.05) is 17.7 Å². The van der Waals surface area contributed by atoms with E-state index in [2.05, 4.69) is 10.3 Å². The third-order valence-corrected chi connectivity index (χ3v) is 5.20. The van der Waals surface area contributed by atoms with E-state index in [-0.39, 0.29) is 11.9 Å². The Morgan fingerprint density at radius 3 is 2.79 bits per heavy atom. The van der Waals surface area contributed by atoms with Gasteiger partial charge in [-0.15, -0.1) is 0 Å². The van der Waals surface area contributed by atoms with Crippen molar-refractivity contribution in [1.82, 2.24) is 9.88 Å². The fourth-order valence-corrected chi connectivity index (χ4v) is 3.61. The van der Waals surface area contributed by atoms with E-state index < -0.39 is 0 Å². The molecule has 0 bridgehead atoms. The predicted octanol–water partition coefficient (Wildman–Crippen LogP) is 4.48. The maximum Gasteiger partial charge on any atom is 0.321 e. The Balaban J connectivity index is 1.59. The molecule has 1 aliphatic rings. The van der Waals surface area contributed by atoms with Crippen molar-refractivity contribution >= 4 is 23.3 Å². The Bertz CT molecular complexity index is 807. The minimum atomic E-state index is -0.119. The summed E-state index contributed by atoms with van der Waals surface area (Å²) in [5.74, 6) is 0.936. The number of likely N-dealkylation sites (tertiary alicyclic amines) is 1. The molecule has 1 fully saturated rings. The lowest BCUT2D eigenvalue weighted by Gasteiger charge is -2.32. The number of rotatable bonds is 6. The number of hydrogen-bond donors (Lipinski definition) is 1. The number of urea groups is 1. The minimum Gasteiger partial charge on any atom is -0.489 e. The topological polar surface area (TPSA) is 63.7 Å². The zero-order valence-corrected chi connectivity index (χ0v) is 17.0. The molecule has 2 aromatic rings. The second-order valence-corrected chi connectivity index (χ2v) is 7.31. The molecule has 1 aromatic carbocycles. The number of carbonyl (C=O) groups excluding carboxylic acids is 1. The van der Waals surface area contributed by atoms with E-state index in [1.165, 1.54) is 0 Å². The molecule has 28 heavy (non-hydrogen) atoms. The highest BCUT2D eigenvalue weighted by Crippen LogP contribution is 2.32. The van der Waals surface area contributed by atoms with Crippen LogP contribution in [0.15, 0.2) is 36.5 Å². The van der Waals surface area contributed by atoms with Crippen molar-refractivity contribution in [3.8, 4) is 5.75 Å². The summed E-state index contributed by atoms with van der Waals surface area (Å²) in [5.41, 5.74) is 2.66. The van der Waals surface area contributed by atoms with E-state index in [1.54, 1.807) is 13.3 Å². The number of carbonyl (C=O) groups is 1. The van der Waals surface area contributed by atoms with Crippen LogP contribution in [-0.4, -0.2) is 49.3 Å². The second-order valence-electron chi connectivity index (χ2n) is 6.90. The molecule has 2 amide bonds. The Kier molecular flexibility index (Phi) is 7.12. The number of nitrogens with one attached hydrogen (secondary N) is 1. The van der Waals surface area contributed by atoms with Gasteiger partial charge in [0.2, 0.25) is 0 Å². The fourth-order valence-electron chi connectivity index (χ4n) is 3.34. The maximum absolute atomic E-state index is 12.7. The molecule has 1 saturated heterocycles. The average molecular weight is 404 g/mol. The first-order valence-electron chi connectivity index (χ1n) is 9.47. The first kappa shape index (κ1) is 20.4. The Hall–Kier alpha value is -2.31. The molecule has 6 nitrogen and oxygen atoms in total. The zero-order valence-electron chi connectivity index (χ0n) is 16.3. The number of hydrogen-bond acceptors (Lipinski definition) is 4. The van der Waals surface area contributed by atoms with E-state index in [1.807, 2.05) is 42.2 Å². The third-order valence-electron chi connectivity index (χ3n) is 4.88. The number of methoxy groups -OCH3 is 1. The van der Waals surface area contributed by atoms with Crippen LogP contribution in [0.3, 0.4) is 0 Å². The van der Waals surface area contributed by atoms with Crippen LogP contribution in [0.25, 0.3) is 0 Å². The summed E-state index contributed by atoms with van der Waals surface area (Å²) in [6, 6.07) is 9.32. The van der Waals surface area contributed by atoms with Crippen LogP contribution in [0.1, 0.15) is 30.0 Å². The SMILES string of the molecule is COCCOc1cc(C)ccc1NC(=O)N1CCC(c2ncccc2Cl)CC1. The molecule has 0 radical (unpaired) electrons. The first-order valence-corrected chi connectivity index (χ1v) is 9.85. The van der Waals surface area contributed by atoms with Crippen molar-refractivity contribution in [1.29, 1.82) is 0 Å². The largest absolute Gasteiger partial charge is 0.489 e. The van der Waals surface area contributed by atoms with Gasteiger partial charge in [0.25, 0.3) is 0 Å². The molecule has 1 aromatic heterocycles. The van der Waals surface area contributed by atoms with Gasteiger partial charge in [-0.05, 0) is 49.6 Å². The van der Waals surface area contributed by atoms with Crippen LogP contribution in [0.5, 0.6) is 5.75 Å². The summed E-state index contributed by atoms with van der Waals surface area (Å²) in [5, 5.41) is 3.68. The smallest absolute Gasteiger partial charge is 0.321 e. The standard InChI is InChI=1S/C21H26ClN3O3/c1-15-5-6-18(19(14-15)28-13-12-27-2)24-21(26)25-10-7-16(8-11-25)20-17(22)4-3-9-23-20/h3-6,9,14,16H,7-8,10-13H2,1-2H3,(H,24,26). The van der Waals surface area contributed by atoms with Crippen molar-refractivity contribution in [3.05, 3.63) is 52.8 Å². The predicted molar refractivity (Wildman–Crippen MR) is 110 cm³/mol. The molecule has 0 unspecified atom stereocenters. The van der Waals surface area contributed by atoms with E-state index in [0.717, 1.165) is 24.1 Å². The number of nitrogens with zero attached hydrogens (tertiary/aromatic N) is 2. The zero-order chi connectivity index (χ0) is 19.9. The van der Waals surface area contributed by atoms with Crippen LogP contribution in [0, 0.1) is 6.92 Å². The summed E-state index contributed by atoms with van der Waals surface area (Å²) in [6.45, 7) is 4.23. The molecule has 1 N–H and O–H groups in total. The summed E-state index contributed by atoms with van der Waals surface area (Å²) < 4.78 is 10.8. The normalized spacial score (nSPS) is 14.8. The molecule has 7 heteroatoms. The van der Waals surface area contributed by atoms with Crippen LogP contribution in [0.2, 0.25) is 5.02 Å². The number of amides is 2. The van der Waals surface area contributed by atoms with Gasteiger partial charge in [0.15, 0.2) is 0 Å². The first-order chi connectivity index (χ1) is 13.6. The van der Waals surface area contributed by atoms with Crippen LogP contribution in [-0.2, 0) is 4.74 Å². The van der Waals surface area contributed by atoms with E-state index in [9.17, 15) is 4.79 Å². The number of ether oxygens (including phenoxy) is 2. The summed E-state index contributed by atoms with van der Waals surface area (Å²) in [4.78, 5) is 19.0. The Morgan fingerprint density at radius 1 is 1.29 bits per heavy atom. The van der Waals surface area contributed by atoms with Crippen LogP contribution in [0.4, 0.5) is 10.5 Å². The van der Waals surface area contributed by atoms with Crippen molar-refractivity contribution in [2.45, 2.75) is 25.7 Å². The minimum absolute atomic E-state index is 0.119. The monoisotopic (exact) mass is 403 g/mol. The lowest BCUT2D eigenvalue weighted by atomic mass is 9.93. The van der Waals surface area contributed by atoms with Gasteiger partial charge < -0.3 is 19.7 Å². The number of halogens is 1. The van der Waals surface area contributed by atoms with E-state index in [4.69, 9.17) is 21.1 Å². The number of piperidine rings is 1. The number of pyridine rings is 1. The molecule has 0 atom stereocenters. The molecule has 150 valence electrons. The van der Waals surface area contributed by atoms with Gasteiger partial charge in [-0.25, -0.2) is 4.79 Å². The van der Waals surface area contributed by atoms with Crippen molar-refractivity contribution in [2.75, 3.05) is 38.7 Å². The summed E-state index contributed by atoms with van der Waals surface area (Å²) in [7, 11) is 1.63. The lowest BCUT2D eigenvalue weighted by molar-refractivity contribution is 0.146. The lowest BCUT2D eigenvalue weighted by Crippen LogP contribution is -2.40. The number of aromatic nitrogens is 1. The van der Waals surface area contributed by atoms with E-state index >= 15 is 0 Å². The number of aryl methyl sites for hydroxylation is 1. The molecule has 0 spiro atoms. The molecular weight excluding hydrogens is 378 g/mol. The van der Waals surface area contributed by atoms with Gasteiger partial charge in [-0.2, -0.15) is 0 Å². The molecule has 3 rings (SSSR count). The van der Waals surface area contributed by atoms with Crippen molar-refractivity contribution < 1.29 is 14.3 Å². The van der Waals surface area contributed by atoms with E-state index in [0.29, 0.717) is 42.8 Å². The average Bonchev–Trinajstić information content (AvgIpc) is 2.70. The molecule has 0 saturated carbocycles. The quantitative estimate of drug-likeness (QED) is 0.722. The van der Waals surface area contributed by atoms with Crippen LogP contribution >= 0.6 is 11.6 Å². The Labute approximate surface area is 170 Å². The van der Waals surface area contributed by atoms with Gasteiger partial charge in [0.1, 0.15) is 12.4 Å². The molecular formula is C21H26ClN3O3. The summed E-state index contributed by atoms with van der Waals surface area (Å²) >= 11 is 6.27. The fraction of sp³-hybridized carbons (Fsp3) is 0.429. The molecule has 2 heterocycles. The van der Waals surface area contributed by atoms with Gasteiger partial charge in [-0.3, -0.25) is 4.98 Å². The van der Waals surface area contributed by atoms with Crippen LogP contribution < -0.4 is 10.1 Å². The second kappa shape index (κ2) is 9.75. The van der Waals surface area contributed by atoms with Gasteiger partial charge >= 0.3 is 6.03 Å². The highest BCUT2D eigenvalue weighted by molar-refractivity contribution is 6.31. The number of benzene rings is 1. The molecule has 0 aliphatic carbocycles. The maximum atomic E-state index is 12.7. The highest BCUT2D eigenvalue weighted by Gasteiger charge is 2.26. The third kappa shape index (κ3) is 5.14. The summed E-state index contributed by atoms with van der Waals surface area (Å²) in [6.07, 6.45) is 3.45. The number of anilines is 1.